The van der Waals surface area contributed by atoms with Crippen LogP contribution in [0.3, 0.4) is 0 Å². The van der Waals surface area contributed by atoms with E-state index < -0.39 is 0 Å². The first kappa shape index (κ1) is 13.3. The van der Waals surface area contributed by atoms with Crippen molar-refractivity contribution in [2.75, 3.05) is 0 Å². The quantitative estimate of drug-likeness (QED) is 0.762. The minimum atomic E-state index is 0.121. The van der Waals surface area contributed by atoms with E-state index in [-0.39, 0.29) is 6.10 Å². The summed E-state index contributed by atoms with van der Waals surface area (Å²) in [5, 5.41) is 0. The molecule has 19 heavy (non-hydrogen) atoms. The van der Waals surface area contributed by atoms with Gasteiger partial charge < -0.3 is 4.74 Å². The zero-order valence-corrected chi connectivity index (χ0v) is 11.5. The Morgan fingerprint density at radius 2 is 1.79 bits per heavy atom. The van der Waals surface area contributed by atoms with Crippen LogP contribution in [-0.2, 0) is 0 Å². The van der Waals surface area contributed by atoms with Crippen LogP contribution in [-0.4, -0.2) is 12.4 Å². The highest BCUT2D eigenvalue weighted by Crippen LogP contribution is 2.33. The zero-order valence-electron chi connectivity index (χ0n) is 11.5. The second-order valence-electron chi connectivity index (χ2n) is 4.85. The molecule has 0 amide bonds. The summed E-state index contributed by atoms with van der Waals surface area (Å²) in [4.78, 5) is 10.9. The maximum Gasteiger partial charge on any atom is 0.150 e. The smallest absolute Gasteiger partial charge is 0.150 e. The minimum Gasteiger partial charge on any atom is -0.490 e. The van der Waals surface area contributed by atoms with Crippen molar-refractivity contribution in [2.24, 2.45) is 0 Å². The highest BCUT2D eigenvalue weighted by Gasteiger charge is 2.10. The summed E-state index contributed by atoms with van der Waals surface area (Å²) < 4.78 is 5.84. The van der Waals surface area contributed by atoms with Gasteiger partial charge in [-0.2, -0.15) is 0 Å². The predicted molar refractivity (Wildman–Crippen MR) is 77.8 cm³/mol. The Kier molecular flexibility index (Phi) is 4.00. The molecule has 0 atom stereocenters. The Balaban J connectivity index is 2.55. The van der Waals surface area contributed by atoms with E-state index in [2.05, 4.69) is 0 Å². The zero-order chi connectivity index (χ0) is 13.8. The van der Waals surface area contributed by atoms with Gasteiger partial charge in [0.15, 0.2) is 0 Å². The van der Waals surface area contributed by atoms with Crippen LogP contribution < -0.4 is 4.74 Å². The van der Waals surface area contributed by atoms with Crippen molar-refractivity contribution in [3.05, 3.63) is 53.6 Å². The third kappa shape index (κ3) is 3.02. The van der Waals surface area contributed by atoms with E-state index in [0.717, 1.165) is 28.7 Å². The van der Waals surface area contributed by atoms with Gasteiger partial charge in [0.2, 0.25) is 0 Å². The van der Waals surface area contributed by atoms with Crippen LogP contribution in [0.25, 0.3) is 11.1 Å². The molecule has 2 rings (SSSR count). The molecule has 0 spiro atoms. The number of hydrogen-bond donors (Lipinski definition) is 0. The molecule has 0 saturated carbocycles. The molecule has 0 aromatic heterocycles. The van der Waals surface area contributed by atoms with Crippen molar-refractivity contribution in [3.8, 4) is 16.9 Å². The van der Waals surface area contributed by atoms with Crippen molar-refractivity contribution >= 4 is 6.29 Å². The van der Waals surface area contributed by atoms with Gasteiger partial charge in [0, 0.05) is 11.1 Å². The Bertz CT molecular complexity index is 586. The number of carbonyl (C=O) groups is 1. The van der Waals surface area contributed by atoms with Crippen LogP contribution in [0.1, 0.15) is 29.8 Å². The molecule has 0 N–H and O–H groups in total. The molecule has 2 heteroatoms. The van der Waals surface area contributed by atoms with E-state index in [1.165, 1.54) is 0 Å². The molecule has 2 nitrogen and oxygen atoms in total. The molecule has 0 aliphatic rings. The second-order valence-corrected chi connectivity index (χ2v) is 4.85. The first-order valence-electron chi connectivity index (χ1n) is 6.43. The molecule has 0 aliphatic carbocycles. The topological polar surface area (TPSA) is 26.3 Å². The highest BCUT2D eigenvalue weighted by molar-refractivity contribution is 5.81. The number of carbonyl (C=O) groups excluding carboxylic acids is 1. The number of rotatable bonds is 4. The number of aldehydes is 1. The molecule has 0 aliphatic heterocycles. The van der Waals surface area contributed by atoms with E-state index in [0.29, 0.717) is 5.56 Å². The predicted octanol–water partition coefficient (Wildman–Crippen LogP) is 4.26. The Morgan fingerprint density at radius 1 is 1.05 bits per heavy atom. The lowest BCUT2D eigenvalue weighted by Crippen LogP contribution is -2.06. The average Bonchev–Trinajstić information content (AvgIpc) is 2.40. The van der Waals surface area contributed by atoms with Crippen molar-refractivity contribution in [3.63, 3.8) is 0 Å². The van der Waals surface area contributed by atoms with Gasteiger partial charge in [-0.1, -0.05) is 30.3 Å². The fraction of sp³-hybridized carbons (Fsp3) is 0.235. The first-order valence-corrected chi connectivity index (χ1v) is 6.43. The van der Waals surface area contributed by atoms with Gasteiger partial charge in [0.1, 0.15) is 12.0 Å². The summed E-state index contributed by atoms with van der Waals surface area (Å²) in [6.07, 6.45) is 0.991. The molecule has 98 valence electrons. The van der Waals surface area contributed by atoms with Crippen LogP contribution in [0.4, 0.5) is 0 Å². The summed E-state index contributed by atoms with van der Waals surface area (Å²) in [6, 6.07) is 13.6. The Labute approximate surface area is 114 Å². The number of aryl methyl sites for hydroxylation is 1. The number of ether oxygens (including phenoxy) is 1. The fourth-order valence-corrected chi connectivity index (χ4v) is 2.05. The summed E-state index contributed by atoms with van der Waals surface area (Å²) >= 11 is 0. The van der Waals surface area contributed by atoms with Crippen LogP contribution in [0.5, 0.6) is 5.75 Å². The molecule has 0 bridgehead atoms. The van der Waals surface area contributed by atoms with Crippen molar-refractivity contribution in [1.29, 1.82) is 0 Å². The largest absolute Gasteiger partial charge is 0.490 e. The lowest BCUT2D eigenvalue weighted by atomic mass is 9.97. The number of para-hydroxylation sites is 1. The van der Waals surface area contributed by atoms with Crippen LogP contribution in [0.15, 0.2) is 42.5 Å². The third-order valence-electron chi connectivity index (χ3n) is 2.94. The summed E-state index contributed by atoms with van der Waals surface area (Å²) in [7, 11) is 0. The van der Waals surface area contributed by atoms with E-state index in [1.54, 1.807) is 0 Å². The van der Waals surface area contributed by atoms with Gasteiger partial charge in [-0.25, -0.2) is 0 Å². The third-order valence-corrected chi connectivity index (χ3v) is 2.94. The van der Waals surface area contributed by atoms with Crippen molar-refractivity contribution < 1.29 is 9.53 Å². The highest BCUT2D eigenvalue weighted by atomic mass is 16.5. The molecule has 2 aromatic carbocycles. The molecule has 0 radical (unpaired) electrons. The minimum absolute atomic E-state index is 0.121. The van der Waals surface area contributed by atoms with Crippen LogP contribution in [0, 0.1) is 6.92 Å². The second kappa shape index (κ2) is 5.70. The van der Waals surface area contributed by atoms with Crippen LogP contribution in [0.2, 0.25) is 0 Å². The number of hydrogen-bond acceptors (Lipinski definition) is 2. The summed E-state index contributed by atoms with van der Waals surface area (Å²) in [5.74, 6) is 0.851. The molecular weight excluding hydrogens is 236 g/mol. The molecule has 0 fully saturated rings. The summed E-state index contributed by atoms with van der Waals surface area (Å²) in [5.41, 5.74) is 3.88. The maximum absolute atomic E-state index is 10.9. The average molecular weight is 254 g/mol. The standard InChI is InChI=1S/C17H18O2/c1-12(2)19-17-7-5-4-6-15(17)16-10-14(11-18)9-8-13(16)3/h4-12H,1-3H3. The summed E-state index contributed by atoms with van der Waals surface area (Å²) in [6.45, 7) is 6.05. The van der Waals surface area contributed by atoms with E-state index >= 15 is 0 Å². The monoisotopic (exact) mass is 254 g/mol. The van der Waals surface area contributed by atoms with E-state index in [4.69, 9.17) is 4.74 Å². The van der Waals surface area contributed by atoms with Gasteiger partial charge in [-0.15, -0.1) is 0 Å². The van der Waals surface area contributed by atoms with Gasteiger partial charge in [-0.3, -0.25) is 4.79 Å². The lowest BCUT2D eigenvalue weighted by molar-refractivity contribution is 0.112. The van der Waals surface area contributed by atoms with Gasteiger partial charge in [-0.05, 0) is 44.0 Å². The molecule has 0 unspecified atom stereocenters. The van der Waals surface area contributed by atoms with E-state index in [9.17, 15) is 4.79 Å². The van der Waals surface area contributed by atoms with Gasteiger partial charge in [0.05, 0.1) is 6.10 Å². The maximum atomic E-state index is 10.9. The van der Waals surface area contributed by atoms with Gasteiger partial charge >= 0.3 is 0 Å². The molecule has 2 aromatic rings. The van der Waals surface area contributed by atoms with Crippen LogP contribution >= 0.6 is 0 Å². The molecule has 0 heterocycles. The Hall–Kier alpha value is -2.09. The normalized spacial score (nSPS) is 10.5. The molecular formula is C17H18O2. The van der Waals surface area contributed by atoms with Gasteiger partial charge in [0.25, 0.3) is 0 Å². The first-order chi connectivity index (χ1) is 9.11. The van der Waals surface area contributed by atoms with Crippen molar-refractivity contribution in [1.82, 2.24) is 0 Å². The van der Waals surface area contributed by atoms with E-state index in [1.807, 2.05) is 63.2 Å². The SMILES string of the molecule is Cc1ccc(C=O)cc1-c1ccccc1OC(C)C. The fourth-order valence-electron chi connectivity index (χ4n) is 2.05. The Morgan fingerprint density at radius 3 is 2.47 bits per heavy atom. The lowest BCUT2D eigenvalue weighted by Gasteiger charge is -2.15. The van der Waals surface area contributed by atoms with Crippen molar-refractivity contribution in [2.45, 2.75) is 26.9 Å². The molecule has 0 saturated heterocycles. The number of benzene rings is 2.